The van der Waals surface area contributed by atoms with Crippen molar-refractivity contribution in [2.75, 3.05) is 5.75 Å². The number of aliphatic carboxylic acids is 2. The maximum absolute atomic E-state index is 12.4. The van der Waals surface area contributed by atoms with E-state index in [1.54, 1.807) is 0 Å². The highest BCUT2D eigenvalue weighted by molar-refractivity contribution is 7.80. The van der Waals surface area contributed by atoms with E-state index in [4.69, 9.17) is 0 Å². The van der Waals surface area contributed by atoms with Gasteiger partial charge in [0.25, 0.3) is 5.91 Å². The van der Waals surface area contributed by atoms with Crippen LogP contribution in [0.4, 0.5) is 0 Å². The van der Waals surface area contributed by atoms with Gasteiger partial charge in [-0.2, -0.15) is 12.6 Å². The number of thiol groups is 1. The Labute approximate surface area is 261 Å². The van der Waals surface area contributed by atoms with Gasteiger partial charge in [-0.3, -0.25) is 19.2 Å². The number of hydrogen-bond acceptors (Lipinski definition) is 5. The van der Waals surface area contributed by atoms with Gasteiger partial charge in [0.15, 0.2) is 0 Å². The van der Waals surface area contributed by atoms with Crippen molar-refractivity contribution in [2.45, 2.75) is 59.8 Å². The Morgan fingerprint density at radius 1 is 0.886 bits per heavy atom. The third kappa shape index (κ3) is 6.67. The number of hydrogen-bond donors (Lipinski definition) is 7. The van der Waals surface area contributed by atoms with Crippen molar-refractivity contribution >= 4 is 48.5 Å². The zero-order valence-corrected chi connectivity index (χ0v) is 26.2. The summed E-state index contributed by atoms with van der Waals surface area (Å²) in [5.41, 5.74) is 9.93. The minimum absolute atomic E-state index is 0.0653. The number of allylic oxidation sites excluding steroid dienone is 2. The van der Waals surface area contributed by atoms with Crippen LogP contribution in [0.25, 0.3) is 12.2 Å². The van der Waals surface area contributed by atoms with E-state index >= 15 is 0 Å². The van der Waals surface area contributed by atoms with Gasteiger partial charge in [0.1, 0.15) is 0 Å². The summed E-state index contributed by atoms with van der Waals surface area (Å²) in [7, 11) is 0. The smallest absolute Gasteiger partial charge is 0.303 e. The van der Waals surface area contributed by atoms with Crippen LogP contribution in [0.15, 0.2) is 46.8 Å². The molecule has 0 unspecified atom stereocenters. The van der Waals surface area contributed by atoms with Crippen LogP contribution >= 0.6 is 12.6 Å². The van der Waals surface area contributed by atoms with Gasteiger partial charge in [-0.25, -0.2) is 0 Å². The molecule has 2 aromatic heterocycles. The van der Waals surface area contributed by atoms with Crippen molar-refractivity contribution in [1.29, 1.82) is 0 Å². The quantitative estimate of drug-likeness (QED) is 0.173. The van der Waals surface area contributed by atoms with Crippen molar-refractivity contribution in [1.82, 2.24) is 20.6 Å². The molecule has 44 heavy (non-hydrogen) atoms. The molecule has 0 aromatic carbocycles. The van der Waals surface area contributed by atoms with Crippen molar-refractivity contribution < 1.29 is 29.4 Å². The number of aromatic amines is 2. The van der Waals surface area contributed by atoms with Gasteiger partial charge in [0.2, 0.25) is 5.91 Å². The van der Waals surface area contributed by atoms with Crippen molar-refractivity contribution in [3.8, 4) is 0 Å². The molecule has 2 aliphatic rings. The fourth-order valence-corrected chi connectivity index (χ4v) is 6.02. The molecule has 4 rings (SSSR count). The van der Waals surface area contributed by atoms with Gasteiger partial charge in [-0.05, 0) is 86.1 Å². The summed E-state index contributed by atoms with van der Waals surface area (Å²) < 4.78 is 0. The number of aromatic nitrogens is 2. The largest absolute Gasteiger partial charge is 0.481 e. The standard InChI is InChI=1S/C33H38N4O6S/c1-6-20-16(2)26(36-33(20)43)13-24-17(3)21(7-9-30(38)39)27(34-24)15-28-22(8-10-31(40)41)18(4)25(35-28)14-29-23(11-12-44)19(5)32(42)37-29/h6,11,13-14,19,34-35,44H,1,7-10,12,15H2,2-5H3,(H,36,43)(H,37,42)(H,38,39)(H,40,41)/b23-11-,26-13-,29-14-/t19-/m0/s1. The van der Waals surface area contributed by atoms with E-state index in [0.29, 0.717) is 35.6 Å². The molecule has 2 aliphatic heterocycles. The maximum atomic E-state index is 12.4. The third-order valence-corrected chi connectivity index (χ3v) is 8.55. The fraction of sp³-hybridized carbons (Fsp3) is 0.333. The second-order valence-electron chi connectivity index (χ2n) is 11.1. The second-order valence-corrected chi connectivity index (χ2v) is 11.4. The van der Waals surface area contributed by atoms with Crippen molar-refractivity contribution in [3.05, 3.63) is 91.9 Å². The number of nitrogens with one attached hydrogen (secondary N) is 4. The van der Waals surface area contributed by atoms with Crippen LogP contribution in [-0.4, -0.2) is 49.7 Å². The summed E-state index contributed by atoms with van der Waals surface area (Å²) in [6.07, 6.45) is 7.94. The summed E-state index contributed by atoms with van der Waals surface area (Å²) in [6.45, 7) is 11.2. The lowest BCUT2D eigenvalue weighted by atomic mass is 9.98. The van der Waals surface area contributed by atoms with Gasteiger partial charge in [0.05, 0.1) is 5.92 Å². The molecule has 11 heteroatoms. The van der Waals surface area contributed by atoms with E-state index in [0.717, 1.165) is 56.2 Å². The van der Waals surface area contributed by atoms with Crippen LogP contribution < -0.4 is 10.6 Å². The number of carbonyl (C=O) groups is 4. The molecule has 4 heterocycles. The summed E-state index contributed by atoms with van der Waals surface area (Å²) in [4.78, 5) is 54.8. The zero-order chi connectivity index (χ0) is 32.3. The number of carboxylic acids is 2. The summed E-state index contributed by atoms with van der Waals surface area (Å²) in [5.74, 6) is -2.01. The minimum atomic E-state index is -0.918. The van der Waals surface area contributed by atoms with E-state index in [1.807, 2.05) is 45.9 Å². The van der Waals surface area contributed by atoms with E-state index in [1.165, 1.54) is 6.08 Å². The molecule has 1 fully saturated rings. The first-order valence-corrected chi connectivity index (χ1v) is 15.0. The van der Waals surface area contributed by atoms with E-state index in [-0.39, 0.29) is 37.0 Å². The second kappa shape index (κ2) is 13.4. The molecule has 2 amide bonds. The Morgan fingerprint density at radius 2 is 1.41 bits per heavy atom. The predicted octanol–water partition coefficient (Wildman–Crippen LogP) is 4.52. The summed E-state index contributed by atoms with van der Waals surface area (Å²) >= 11 is 4.30. The van der Waals surface area contributed by atoms with E-state index in [9.17, 15) is 29.4 Å². The average Bonchev–Trinajstić information content (AvgIpc) is 3.60. The van der Waals surface area contributed by atoms with Crippen LogP contribution in [0, 0.1) is 19.8 Å². The topological polar surface area (TPSA) is 164 Å². The summed E-state index contributed by atoms with van der Waals surface area (Å²) in [6, 6.07) is 0. The molecule has 1 atom stereocenters. The number of amides is 2. The van der Waals surface area contributed by atoms with Gasteiger partial charge in [-0.15, -0.1) is 0 Å². The van der Waals surface area contributed by atoms with Crippen molar-refractivity contribution in [3.63, 3.8) is 0 Å². The van der Waals surface area contributed by atoms with Gasteiger partial charge >= 0.3 is 11.9 Å². The van der Waals surface area contributed by atoms with Crippen LogP contribution in [0.3, 0.4) is 0 Å². The SMILES string of the molecule is C=CC1=C(C)/C(=C/c2[nH]c(Cc3[nH]c(/C=C4\NC(=O)[C@@H](C)\C4=C\CS)c(C)c3CCC(=O)O)c(CCC(=O)O)c2C)NC1=O. The average molecular weight is 619 g/mol. The molecular formula is C33H38N4O6S. The normalized spacial score (nSPS) is 19.4. The van der Waals surface area contributed by atoms with E-state index < -0.39 is 11.9 Å². The Morgan fingerprint density at radius 3 is 1.86 bits per heavy atom. The van der Waals surface area contributed by atoms with Gasteiger partial charge in [0, 0.05) is 64.8 Å². The highest BCUT2D eigenvalue weighted by Crippen LogP contribution is 2.32. The lowest BCUT2D eigenvalue weighted by Crippen LogP contribution is -2.16. The fourth-order valence-electron chi connectivity index (χ4n) is 5.82. The molecule has 0 bridgehead atoms. The highest BCUT2D eigenvalue weighted by Gasteiger charge is 2.30. The van der Waals surface area contributed by atoms with E-state index in [2.05, 4.69) is 39.8 Å². The lowest BCUT2D eigenvalue weighted by Gasteiger charge is -2.07. The molecule has 10 nitrogen and oxygen atoms in total. The predicted molar refractivity (Wildman–Crippen MR) is 172 cm³/mol. The number of H-pyrrole nitrogens is 2. The number of carboxylic acid groups (broad SMARTS) is 2. The van der Waals surface area contributed by atoms with Crippen LogP contribution in [0.1, 0.15) is 71.7 Å². The first kappa shape index (κ1) is 32.4. The molecule has 0 saturated carbocycles. The van der Waals surface area contributed by atoms with Crippen molar-refractivity contribution in [2.24, 2.45) is 5.92 Å². The monoisotopic (exact) mass is 618 g/mol. The van der Waals surface area contributed by atoms with Crippen LogP contribution in [-0.2, 0) is 38.4 Å². The molecule has 0 spiro atoms. The molecule has 6 N–H and O–H groups in total. The minimum Gasteiger partial charge on any atom is -0.481 e. The van der Waals surface area contributed by atoms with Gasteiger partial charge in [-0.1, -0.05) is 18.7 Å². The van der Waals surface area contributed by atoms with Crippen LogP contribution in [0.5, 0.6) is 0 Å². The van der Waals surface area contributed by atoms with Gasteiger partial charge < -0.3 is 30.8 Å². The Bertz CT molecular complexity index is 1680. The summed E-state index contributed by atoms with van der Waals surface area (Å²) in [5, 5.41) is 24.7. The highest BCUT2D eigenvalue weighted by atomic mass is 32.1. The first-order valence-electron chi connectivity index (χ1n) is 14.4. The first-order chi connectivity index (χ1) is 20.9. The number of rotatable bonds is 12. The molecule has 2 aromatic rings. The molecule has 1 saturated heterocycles. The van der Waals surface area contributed by atoms with Crippen LogP contribution in [0.2, 0.25) is 0 Å². The Kier molecular flexibility index (Phi) is 9.88. The lowest BCUT2D eigenvalue weighted by molar-refractivity contribution is -0.138. The molecular weight excluding hydrogens is 580 g/mol. The molecule has 0 aliphatic carbocycles. The molecule has 0 radical (unpaired) electrons. The Hall–Kier alpha value is -4.51. The molecule has 232 valence electrons. The maximum Gasteiger partial charge on any atom is 0.303 e. The number of carbonyl (C=O) groups excluding carboxylic acids is 2. The Balaban J connectivity index is 1.80. The third-order valence-electron chi connectivity index (χ3n) is 8.37. The zero-order valence-electron chi connectivity index (χ0n) is 25.3.